The average Bonchev–Trinajstić information content (AvgIpc) is 3.53. The Morgan fingerprint density at radius 2 is 1.39 bits per heavy atom. The molecule has 8 heteroatoms. The summed E-state index contributed by atoms with van der Waals surface area (Å²) in [5.74, 6) is -0.448. The van der Waals surface area contributed by atoms with Gasteiger partial charge in [0, 0.05) is 64.7 Å². The second-order valence-corrected chi connectivity index (χ2v) is 12.4. The lowest BCUT2D eigenvalue weighted by molar-refractivity contribution is -0.956. The van der Waals surface area contributed by atoms with Crippen molar-refractivity contribution in [1.82, 2.24) is 9.80 Å². The van der Waals surface area contributed by atoms with E-state index < -0.39 is 24.0 Å². The van der Waals surface area contributed by atoms with Crippen LogP contribution >= 0.6 is 0 Å². The van der Waals surface area contributed by atoms with Crippen molar-refractivity contribution in [3.05, 3.63) is 71.8 Å². The Balaban J connectivity index is 1.27. The maximum atomic E-state index is 14.5. The molecule has 4 fully saturated rings. The molecule has 4 aliphatic heterocycles. The average molecular weight is 563 g/mol. The number of ether oxygens (including phenoxy) is 3. The molecule has 8 nitrogen and oxygen atoms in total. The monoisotopic (exact) mass is 562 g/mol. The fraction of sp³-hybridized carbons (Fsp3) is 0.576. The van der Waals surface area contributed by atoms with Crippen LogP contribution in [0.1, 0.15) is 56.6 Å². The number of quaternary nitrogens is 1. The predicted octanol–water partition coefficient (Wildman–Crippen LogP) is 4.52. The van der Waals surface area contributed by atoms with Crippen molar-refractivity contribution in [2.75, 3.05) is 46.3 Å². The number of hydrogen-bond donors (Lipinski definition) is 0. The zero-order chi connectivity index (χ0) is 28.5. The van der Waals surface area contributed by atoms with E-state index in [1.165, 1.54) is 43.3 Å². The van der Waals surface area contributed by atoms with E-state index >= 15 is 0 Å². The molecular weight excluding hydrogens is 518 g/mol. The van der Waals surface area contributed by atoms with Gasteiger partial charge in [-0.25, -0.2) is 9.59 Å². The van der Waals surface area contributed by atoms with Crippen molar-refractivity contribution in [2.45, 2.75) is 75.5 Å². The summed E-state index contributed by atoms with van der Waals surface area (Å²) in [4.78, 5) is 31.5. The molecule has 4 aliphatic rings. The van der Waals surface area contributed by atoms with E-state index in [0.29, 0.717) is 36.3 Å². The maximum absolute atomic E-state index is 14.5. The van der Waals surface area contributed by atoms with Gasteiger partial charge in [0.2, 0.25) is 11.9 Å². The molecule has 3 unspecified atom stereocenters. The third-order valence-corrected chi connectivity index (χ3v) is 10.0. The van der Waals surface area contributed by atoms with Gasteiger partial charge in [-0.15, -0.1) is 0 Å². The highest BCUT2D eigenvalue weighted by atomic mass is 16.7. The Bertz CT molecular complexity index is 1140. The van der Waals surface area contributed by atoms with Crippen molar-refractivity contribution in [2.24, 2.45) is 0 Å². The number of hydrogen-bond acceptors (Lipinski definition) is 6. The van der Waals surface area contributed by atoms with Crippen molar-refractivity contribution in [3.8, 4) is 0 Å². The number of benzene rings is 2. The molecule has 0 aliphatic carbocycles. The molecule has 1 spiro atoms. The molecule has 2 aromatic rings. The minimum atomic E-state index is -1.58. The predicted molar refractivity (Wildman–Crippen MR) is 155 cm³/mol. The van der Waals surface area contributed by atoms with Crippen LogP contribution in [0, 0.1) is 0 Å². The van der Waals surface area contributed by atoms with Crippen LogP contribution in [0.4, 0.5) is 4.79 Å². The Morgan fingerprint density at radius 1 is 0.854 bits per heavy atom. The van der Waals surface area contributed by atoms with Gasteiger partial charge >= 0.3 is 12.1 Å². The molecule has 0 saturated carbocycles. The van der Waals surface area contributed by atoms with Gasteiger partial charge in [-0.05, 0) is 25.1 Å². The molecule has 3 atom stereocenters. The summed E-state index contributed by atoms with van der Waals surface area (Å²) in [5, 5.41) is 0. The summed E-state index contributed by atoms with van der Waals surface area (Å²) in [6.45, 7) is 6.99. The fourth-order valence-electron chi connectivity index (χ4n) is 7.95. The van der Waals surface area contributed by atoms with E-state index in [1.54, 1.807) is 11.8 Å². The number of likely N-dealkylation sites (N-methyl/N-ethyl adjacent to an activating group) is 1. The highest BCUT2D eigenvalue weighted by Gasteiger charge is 2.57. The maximum Gasteiger partial charge on any atom is 0.412 e. The highest BCUT2D eigenvalue weighted by molar-refractivity contribution is 5.86. The second kappa shape index (κ2) is 11.7. The first-order chi connectivity index (χ1) is 19.9. The van der Waals surface area contributed by atoms with Gasteiger partial charge in [-0.1, -0.05) is 60.7 Å². The quantitative estimate of drug-likeness (QED) is 0.281. The molecule has 0 aromatic heterocycles. The van der Waals surface area contributed by atoms with Crippen LogP contribution in [-0.2, 0) is 24.6 Å². The lowest BCUT2D eigenvalue weighted by atomic mass is 9.85. The smallest absolute Gasteiger partial charge is 0.412 e. The van der Waals surface area contributed by atoms with E-state index in [-0.39, 0.29) is 6.10 Å². The zero-order valence-corrected chi connectivity index (χ0v) is 24.5. The largest absolute Gasteiger partial charge is 0.459 e. The van der Waals surface area contributed by atoms with Gasteiger partial charge in [0.15, 0.2) is 0 Å². The summed E-state index contributed by atoms with van der Waals surface area (Å²) in [5.41, 5.74) is -0.276. The van der Waals surface area contributed by atoms with E-state index in [2.05, 4.69) is 4.90 Å². The molecule has 4 saturated heterocycles. The minimum absolute atomic E-state index is 0.150. The molecule has 0 N–H and O–H groups in total. The SMILES string of the molecule is CC(OC(=O)N1CCN(C)CC1)OC(C(=O)OC1CC2CCC(C1)[N+]21CCCC1)(c1ccccc1)c1ccccc1. The van der Waals surface area contributed by atoms with Crippen LogP contribution in [-0.4, -0.2) is 97.1 Å². The lowest BCUT2D eigenvalue weighted by Crippen LogP contribution is -2.60. The first-order valence-corrected chi connectivity index (χ1v) is 15.4. The van der Waals surface area contributed by atoms with Gasteiger partial charge < -0.3 is 28.5 Å². The summed E-state index contributed by atoms with van der Waals surface area (Å²) in [7, 11) is 2.04. The van der Waals surface area contributed by atoms with E-state index in [9.17, 15) is 9.59 Å². The van der Waals surface area contributed by atoms with Gasteiger partial charge in [0.05, 0.1) is 25.2 Å². The molecule has 4 heterocycles. The number of amides is 1. The third kappa shape index (κ3) is 5.38. The molecule has 220 valence electrons. The topological polar surface area (TPSA) is 68.3 Å². The van der Waals surface area contributed by atoms with Crippen LogP contribution in [0.3, 0.4) is 0 Å². The number of piperazine rings is 1. The van der Waals surface area contributed by atoms with E-state index in [0.717, 1.165) is 25.9 Å². The summed E-state index contributed by atoms with van der Waals surface area (Å²) in [6, 6.07) is 20.1. The minimum Gasteiger partial charge on any atom is -0.459 e. The molecule has 6 rings (SSSR count). The highest BCUT2D eigenvalue weighted by Crippen LogP contribution is 2.47. The van der Waals surface area contributed by atoms with Crippen LogP contribution in [0.25, 0.3) is 0 Å². The first-order valence-electron chi connectivity index (χ1n) is 15.4. The number of piperidine rings is 1. The Hall–Kier alpha value is -2.94. The van der Waals surface area contributed by atoms with Gasteiger partial charge in [0.1, 0.15) is 6.10 Å². The number of nitrogens with zero attached hydrogens (tertiary/aromatic N) is 3. The standard InChI is InChI=1S/C33H44N3O5/c1-25(39-32(38)35-19-17-34(2)18-20-35)41-33(26-11-5-3-6-12-26,27-13-7-4-8-14-27)31(37)40-30-23-28-15-16-29(24-30)36(28)21-9-10-22-36/h3-8,11-14,25,28-30H,9-10,15-24H2,1-2H3/q+1. The number of esters is 1. The zero-order valence-electron chi connectivity index (χ0n) is 24.5. The van der Waals surface area contributed by atoms with Crippen molar-refractivity contribution < 1.29 is 28.3 Å². The molecule has 2 bridgehead atoms. The molecular formula is C33H44N3O5+. The first kappa shape index (κ1) is 28.2. The molecule has 1 amide bonds. The number of carbonyl (C=O) groups is 2. The van der Waals surface area contributed by atoms with Gasteiger partial charge in [-0.3, -0.25) is 0 Å². The van der Waals surface area contributed by atoms with Crippen LogP contribution in [0.2, 0.25) is 0 Å². The van der Waals surface area contributed by atoms with E-state index in [1.807, 2.05) is 67.7 Å². The van der Waals surface area contributed by atoms with Crippen molar-refractivity contribution >= 4 is 12.1 Å². The van der Waals surface area contributed by atoms with Gasteiger partial charge in [0.25, 0.3) is 0 Å². The lowest BCUT2D eigenvalue weighted by Gasteiger charge is -2.47. The van der Waals surface area contributed by atoms with Crippen LogP contribution in [0.15, 0.2) is 60.7 Å². The van der Waals surface area contributed by atoms with Crippen LogP contribution < -0.4 is 0 Å². The van der Waals surface area contributed by atoms with Crippen molar-refractivity contribution in [1.29, 1.82) is 0 Å². The Morgan fingerprint density at radius 3 is 1.93 bits per heavy atom. The fourth-order valence-corrected chi connectivity index (χ4v) is 7.95. The summed E-state index contributed by atoms with van der Waals surface area (Å²) in [6.07, 6.45) is 5.28. The summed E-state index contributed by atoms with van der Waals surface area (Å²) >= 11 is 0. The number of carbonyl (C=O) groups excluding carboxylic acids is 2. The summed E-state index contributed by atoms with van der Waals surface area (Å²) < 4.78 is 20.1. The van der Waals surface area contributed by atoms with Crippen molar-refractivity contribution in [3.63, 3.8) is 0 Å². The van der Waals surface area contributed by atoms with E-state index in [4.69, 9.17) is 14.2 Å². The molecule has 41 heavy (non-hydrogen) atoms. The second-order valence-electron chi connectivity index (χ2n) is 12.4. The molecule has 2 aromatic carbocycles. The molecule has 0 radical (unpaired) electrons. The van der Waals surface area contributed by atoms with Crippen LogP contribution in [0.5, 0.6) is 0 Å². The number of rotatable bonds is 7. The Kier molecular flexibility index (Phi) is 8.07. The third-order valence-electron chi connectivity index (χ3n) is 10.0. The Labute approximate surface area is 243 Å². The van der Waals surface area contributed by atoms with Gasteiger partial charge in [-0.2, -0.15) is 0 Å². The normalized spacial score (nSPS) is 26.6.